The van der Waals surface area contributed by atoms with Gasteiger partial charge >= 0.3 is 0 Å². The van der Waals surface area contributed by atoms with Crippen LogP contribution in [0, 0.1) is 0 Å². The molecule has 0 saturated heterocycles. The molecule has 0 fully saturated rings. The van der Waals surface area contributed by atoms with E-state index in [4.69, 9.17) is 9.47 Å². The normalized spacial score (nSPS) is 10.3. The van der Waals surface area contributed by atoms with E-state index in [1.165, 1.54) is 0 Å². The maximum atomic E-state index is 12.2. The summed E-state index contributed by atoms with van der Waals surface area (Å²) in [6, 6.07) is 17.0. The van der Waals surface area contributed by atoms with Gasteiger partial charge in [-0.1, -0.05) is 18.2 Å². The Kier molecular flexibility index (Phi) is 5.88. The van der Waals surface area contributed by atoms with Crippen molar-refractivity contribution in [1.82, 2.24) is 15.1 Å². The molecule has 1 aromatic heterocycles. The molecule has 0 spiro atoms. The Morgan fingerprint density at radius 1 is 1.04 bits per heavy atom. The number of carbonyl (C=O) groups excluding carboxylic acids is 1. The maximum absolute atomic E-state index is 12.2. The minimum Gasteiger partial charge on any atom is -0.494 e. The lowest BCUT2D eigenvalue weighted by atomic mass is 10.3. The van der Waals surface area contributed by atoms with E-state index in [0.717, 1.165) is 17.2 Å². The minimum atomic E-state index is -0.178. The van der Waals surface area contributed by atoms with Gasteiger partial charge in [-0.25, -0.2) is 4.68 Å². The van der Waals surface area contributed by atoms with Crippen LogP contribution >= 0.6 is 0 Å². The van der Waals surface area contributed by atoms with E-state index in [1.54, 1.807) is 17.1 Å². The van der Waals surface area contributed by atoms with Gasteiger partial charge in [-0.05, 0) is 43.3 Å². The molecule has 26 heavy (non-hydrogen) atoms. The van der Waals surface area contributed by atoms with E-state index in [-0.39, 0.29) is 5.91 Å². The number of rotatable bonds is 8. The van der Waals surface area contributed by atoms with Gasteiger partial charge in [0.2, 0.25) is 0 Å². The molecule has 0 bridgehead atoms. The van der Waals surface area contributed by atoms with Crippen LogP contribution in [0.4, 0.5) is 0 Å². The van der Waals surface area contributed by atoms with Crippen molar-refractivity contribution in [2.45, 2.75) is 6.92 Å². The molecular formula is C20H21N3O3. The van der Waals surface area contributed by atoms with Crippen molar-refractivity contribution in [3.8, 4) is 17.2 Å². The third kappa shape index (κ3) is 4.63. The molecule has 6 nitrogen and oxygen atoms in total. The van der Waals surface area contributed by atoms with Gasteiger partial charge < -0.3 is 14.8 Å². The van der Waals surface area contributed by atoms with Crippen LogP contribution in [0.2, 0.25) is 0 Å². The van der Waals surface area contributed by atoms with E-state index < -0.39 is 0 Å². The van der Waals surface area contributed by atoms with Crippen LogP contribution in [0.25, 0.3) is 5.69 Å². The number of nitrogens with one attached hydrogen (secondary N) is 1. The number of hydrogen-bond acceptors (Lipinski definition) is 4. The number of hydrogen-bond donors (Lipinski definition) is 1. The first-order chi connectivity index (χ1) is 12.8. The molecule has 2 aromatic carbocycles. The number of para-hydroxylation sites is 1. The summed E-state index contributed by atoms with van der Waals surface area (Å²) in [6.45, 7) is 3.36. The topological polar surface area (TPSA) is 65.4 Å². The van der Waals surface area contributed by atoms with E-state index in [0.29, 0.717) is 25.3 Å². The predicted octanol–water partition coefficient (Wildman–Crippen LogP) is 3.08. The predicted molar refractivity (Wildman–Crippen MR) is 99.0 cm³/mol. The van der Waals surface area contributed by atoms with Gasteiger partial charge in [0.15, 0.2) is 0 Å². The monoisotopic (exact) mass is 351 g/mol. The molecule has 1 N–H and O–H groups in total. The van der Waals surface area contributed by atoms with Gasteiger partial charge in [0, 0.05) is 6.20 Å². The van der Waals surface area contributed by atoms with E-state index in [9.17, 15) is 4.79 Å². The standard InChI is InChI=1S/C20H21N3O3/c1-2-25-18-8-10-19(11-9-18)26-13-12-21-20(24)16-14-22-23(15-16)17-6-4-3-5-7-17/h3-11,14-15H,2,12-13H2,1H3,(H,21,24). The molecule has 0 unspecified atom stereocenters. The Labute approximate surface area is 152 Å². The quantitative estimate of drug-likeness (QED) is 0.634. The fourth-order valence-corrected chi connectivity index (χ4v) is 2.40. The summed E-state index contributed by atoms with van der Waals surface area (Å²) in [7, 11) is 0. The molecule has 0 aliphatic carbocycles. The first-order valence-electron chi connectivity index (χ1n) is 8.50. The van der Waals surface area contributed by atoms with Gasteiger partial charge in [0.1, 0.15) is 18.1 Å². The van der Waals surface area contributed by atoms with E-state index in [1.807, 2.05) is 61.5 Å². The number of benzene rings is 2. The van der Waals surface area contributed by atoms with Gasteiger partial charge in [0.05, 0.1) is 30.6 Å². The molecule has 0 saturated carbocycles. The molecule has 1 heterocycles. The Morgan fingerprint density at radius 3 is 2.42 bits per heavy atom. The highest BCUT2D eigenvalue weighted by atomic mass is 16.5. The highest BCUT2D eigenvalue weighted by Gasteiger charge is 2.08. The van der Waals surface area contributed by atoms with Crippen molar-refractivity contribution in [2.75, 3.05) is 19.8 Å². The van der Waals surface area contributed by atoms with Crippen LogP contribution in [0.1, 0.15) is 17.3 Å². The average molecular weight is 351 g/mol. The first kappa shape index (κ1) is 17.5. The molecule has 0 atom stereocenters. The Bertz CT molecular complexity index is 829. The summed E-state index contributed by atoms with van der Waals surface area (Å²) in [5, 5.41) is 7.04. The van der Waals surface area contributed by atoms with Crippen molar-refractivity contribution in [3.05, 3.63) is 72.6 Å². The highest BCUT2D eigenvalue weighted by Crippen LogP contribution is 2.17. The van der Waals surface area contributed by atoms with Crippen LogP contribution in [0.3, 0.4) is 0 Å². The lowest BCUT2D eigenvalue weighted by molar-refractivity contribution is 0.0947. The lowest BCUT2D eigenvalue weighted by Gasteiger charge is -2.08. The smallest absolute Gasteiger partial charge is 0.254 e. The van der Waals surface area contributed by atoms with Crippen LogP contribution in [0.15, 0.2) is 67.0 Å². The second-order valence-corrected chi connectivity index (χ2v) is 5.52. The van der Waals surface area contributed by atoms with E-state index >= 15 is 0 Å². The zero-order chi connectivity index (χ0) is 18.2. The number of ether oxygens (including phenoxy) is 2. The van der Waals surface area contributed by atoms with Crippen LogP contribution in [-0.4, -0.2) is 35.4 Å². The molecule has 134 valence electrons. The summed E-state index contributed by atoms with van der Waals surface area (Å²) in [4.78, 5) is 12.2. The van der Waals surface area contributed by atoms with Gasteiger partial charge in [-0.3, -0.25) is 4.79 Å². The number of aromatic nitrogens is 2. The van der Waals surface area contributed by atoms with Gasteiger partial charge in [-0.15, -0.1) is 0 Å². The maximum Gasteiger partial charge on any atom is 0.254 e. The largest absolute Gasteiger partial charge is 0.494 e. The molecule has 3 rings (SSSR count). The Morgan fingerprint density at radius 2 is 1.73 bits per heavy atom. The van der Waals surface area contributed by atoms with Crippen molar-refractivity contribution in [1.29, 1.82) is 0 Å². The summed E-state index contributed by atoms with van der Waals surface area (Å²) in [5.41, 5.74) is 1.42. The van der Waals surface area contributed by atoms with Crippen LogP contribution in [0.5, 0.6) is 11.5 Å². The molecular weight excluding hydrogens is 330 g/mol. The Hall–Kier alpha value is -3.28. The molecule has 3 aromatic rings. The lowest BCUT2D eigenvalue weighted by Crippen LogP contribution is -2.27. The number of amides is 1. The fourth-order valence-electron chi connectivity index (χ4n) is 2.40. The molecule has 0 aliphatic heterocycles. The summed E-state index contributed by atoms with van der Waals surface area (Å²) < 4.78 is 12.7. The Balaban J connectivity index is 1.45. The zero-order valence-electron chi connectivity index (χ0n) is 14.6. The fraction of sp³-hybridized carbons (Fsp3) is 0.200. The minimum absolute atomic E-state index is 0.178. The SMILES string of the molecule is CCOc1ccc(OCCNC(=O)c2cnn(-c3ccccc3)c2)cc1. The second kappa shape index (κ2) is 8.71. The van der Waals surface area contributed by atoms with Crippen molar-refractivity contribution in [3.63, 3.8) is 0 Å². The van der Waals surface area contributed by atoms with Gasteiger partial charge in [0.25, 0.3) is 5.91 Å². The second-order valence-electron chi connectivity index (χ2n) is 5.52. The van der Waals surface area contributed by atoms with E-state index in [2.05, 4.69) is 10.4 Å². The summed E-state index contributed by atoms with van der Waals surface area (Å²) in [6.07, 6.45) is 3.26. The third-order valence-electron chi connectivity index (χ3n) is 3.66. The summed E-state index contributed by atoms with van der Waals surface area (Å²) >= 11 is 0. The highest BCUT2D eigenvalue weighted by molar-refractivity contribution is 5.93. The van der Waals surface area contributed by atoms with Crippen molar-refractivity contribution >= 4 is 5.91 Å². The van der Waals surface area contributed by atoms with Gasteiger partial charge in [-0.2, -0.15) is 5.10 Å². The van der Waals surface area contributed by atoms with Crippen molar-refractivity contribution in [2.24, 2.45) is 0 Å². The number of nitrogens with zero attached hydrogens (tertiary/aromatic N) is 2. The first-order valence-corrected chi connectivity index (χ1v) is 8.50. The van der Waals surface area contributed by atoms with Crippen molar-refractivity contribution < 1.29 is 14.3 Å². The van der Waals surface area contributed by atoms with Crippen LogP contribution < -0.4 is 14.8 Å². The third-order valence-corrected chi connectivity index (χ3v) is 3.66. The zero-order valence-corrected chi connectivity index (χ0v) is 14.6. The summed E-state index contributed by atoms with van der Waals surface area (Å²) in [5.74, 6) is 1.37. The molecule has 0 radical (unpaired) electrons. The molecule has 0 aliphatic rings. The number of carbonyl (C=O) groups is 1. The van der Waals surface area contributed by atoms with Crippen LogP contribution in [-0.2, 0) is 0 Å². The molecule has 1 amide bonds. The molecule has 6 heteroatoms. The average Bonchev–Trinajstić information content (AvgIpc) is 3.18.